The summed E-state index contributed by atoms with van der Waals surface area (Å²) in [6.45, 7) is 11.6. The van der Waals surface area contributed by atoms with Crippen molar-refractivity contribution in [1.82, 2.24) is 4.68 Å². The van der Waals surface area contributed by atoms with E-state index in [0.717, 1.165) is 16.9 Å². The number of rotatable bonds is 1. The third-order valence-corrected chi connectivity index (χ3v) is 6.89. The second-order valence-electron chi connectivity index (χ2n) is 9.78. The molecule has 0 saturated carbocycles. The van der Waals surface area contributed by atoms with E-state index in [4.69, 9.17) is 4.42 Å². The van der Waals surface area contributed by atoms with Gasteiger partial charge in [-0.05, 0) is 59.4 Å². The summed E-state index contributed by atoms with van der Waals surface area (Å²) < 4.78 is 10.8. The molecule has 0 amide bonds. The zero-order valence-electron chi connectivity index (χ0n) is 17.8. The molecule has 0 atom stereocenters. The minimum atomic E-state index is 0.184. The lowest BCUT2D eigenvalue weighted by Gasteiger charge is -2.41. The summed E-state index contributed by atoms with van der Waals surface area (Å²) in [4.78, 5) is 0. The molecule has 1 aliphatic rings. The van der Waals surface area contributed by atoms with E-state index in [1.165, 1.54) is 40.3 Å². The van der Waals surface area contributed by atoms with Crippen molar-refractivity contribution >= 4 is 21.9 Å². The number of fused-ring (bicyclic) bond motifs is 4. The Bertz CT molecular complexity index is 1240. The van der Waals surface area contributed by atoms with Crippen LogP contribution in [0.1, 0.15) is 57.2 Å². The summed E-state index contributed by atoms with van der Waals surface area (Å²) in [6.07, 6.45) is 6.58. The molecular formula is C25H29N2O+. The summed E-state index contributed by atoms with van der Waals surface area (Å²) in [5.74, 6) is 0. The number of nitrogens with zero attached hydrogens (tertiary/aromatic N) is 2. The van der Waals surface area contributed by atoms with Gasteiger partial charge in [-0.2, -0.15) is 0 Å². The molecule has 2 heterocycles. The Kier molecular flexibility index (Phi) is 3.44. The lowest BCUT2D eigenvalue weighted by atomic mass is 9.63. The number of aromatic nitrogens is 2. The molecule has 5 rings (SSSR count). The molecule has 0 spiro atoms. The molecule has 2 aromatic heterocycles. The minimum Gasteiger partial charge on any atom is -0.454 e. The molecular weight excluding hydrogens is 344 g/mol. The molecule has 2 aromatic carbocycles. The van der Waals surface area contributed by atoms with E-state index in [2.05, 4.69) is 93.8 Å². The average Bonchev–Trinajstić information content (AvgIpc) is 3.21. The number of furan rings is 1. The van der Waals surface area contributed by atoms with E-state index in [-0.39, 0.29) is 10.8 Å². The SMILES string of the molecule is Cc1ccc2c(oc3cc4c(cc32)C(C)(C)CCC4(C)C)c1-n1ccc[n+]1C. The van der Waals surface area contributed by atoms with Crippen LogP contribution in [-0.4, -0.2) is 4.68 Å². The molecule has 4 aromatic rings. The molecule has 3 heteroatoms. The van der Waals surface area contributed by atoms with Crippen molar-refractivity contribution < 1.29 is 9.10 Å². The summed E-state index contributed by atoms with van der Waals surface area (Å²) in [6, 6.07) is 11.2. The highest BCUT2D eigenvalue weighted by Crippen LogP contribution is 2.48. The predicted octanol–water partition coefficient (Wildman–Crippen LogP) is 5.86. The average molecular weight is 374 g/mol. The van der Waals surface area contributed by atoms with Gasteiger partial charge in [0.15, 0.2) is 24.5 Å². The molecule has 0 aliphatic heterocycles. The lowest BCUT2D eigenvalue weighted by Crippen LogP contribution is -2.37. The Hall–Kier alpha value is -2.55. The van der Waals surface area contributed by atoms with Crippen molar-refractivity contribution in [1.29, 1.82) is 0 Å². The van der Waals surface area contributed by atoms with Gasteiger partial charge in [0.1, 0.15) is 5.58 Å². The van der Waals surface area contributed by atoms with Crippen LogP contribution in [0, 0.1) is 6.92 Å². The summed E-state index contributed by atoms with van der Waals surface area (Å²) in [5, 5.41) is 2.43. The Morgan fingerprint density at radius 3 is 2.29 bits per heavy atom. The highest BCUT2D eigenvalue weighted by atomic mass is 16.3. The van der Waals surface area contributed by atoms with Crippen molar-refractivity contribution in [2.75, 3.05) is 0 Å². The van der Waals surface area contributed by atoms with E-state index < -0.39 is 0 Å². The van der Waals surface area contributed by atoms with Crippen LogP contribution >= 0.6 is 0 Å². The molecule has 0 radical (unpaired) electrons. The van der Waals surface area contributed by atoms with Crippen LogP contribution in [0.3, 0.4) is 0 Å². The van der Waals surface area contributed by atoms with E-state index in [1.807, 2.05) is 0 Å². The summed E-state index contributed by atoms with van der Waals surface area (Å²) >= 11 is 0. The first-order chi connectivity index (χ1) is 13.2. The number of aryl methyl sites for hydroxylation is 2. The van der Waals surface area contributed by atoms with Gasteiger partial charge in [0.2, 0.25) is 0 Å². The standard InChI is InChI=1S/C25H29N2O/c1-16-8-9-17-18-14-19-20(25(4,5)11-10-24(19,2)3)15-21(18)28-23(17)22(16)27-13-7-12-26(27)6/h7-9,12-15H,10-11H2,1-6H3/q+1. The van der Waals surface area contributed by atoms with E-state index >= 15 is 0 Å². The monoisotopic (exact) mass is 373 g/mol. The smallest absolute Gasteiger partial charge is 0.195 e. The fourth-order valence-electron chi connectivity index (χ4n) is 4.92. The number of hydrogen-bond donors (Lipinski definition) is 0. The highest BCUT2D eigenvalue weighted by molar-refractivity contribution is 6.08. The summed E-state index contributed by atoms with van der Waals surface area (Å²) in [7, 11) is 2.06. The van der Waals surface area contributed by atoms with Crippen LogP contribution in [0.4, 0.5) is 0 Å². The third kappa shape index (κ3) is 2.32. The minimum absolute atomic E-state index is 0.184. The molecule has 0 unspecified atom stereocenters. The zero-order chi connectivity index (χ0) is 19.8. The maximum atomic E-state index is 6.54. The van der Waals surface area contributed by atoms with Crippen LogP contribution in [0.5, 0.6) is 0 Å². The van der Waals surface area contributed by atoms with E-state index in [1.54, 1.807) is 0 Å². The summed E-state index contributed by atoms with van der Waals surface area (Å²) in [5.41, 5.74) is 7.61. The van der Waals surface area contributed by atoms with Gasteiger partial charge < -0.3 is 4.42 Å². The van der Waals surface area contributed by atoms with Gasteiger partial charge in [0.25, 0.3) is 0 Å². The van der Waals surface area contributed by atoms with Gasteiger partial charge in [-0.15, -0.1) is 9.36 Å². The van der Waals surface area contributed by atoms with Crippen molar-refractivity contribution in [2.45, 2.75) is 58.3 Å². The van der Waals surface area contributed by atoms with E-state index in [9.17, 15) is 0 Å². The van der Waals surface area contributed by atoms with Crippen LogP contribution in [-0.2, 0) is 17.9 Å². The quantitative estimate of drug-likeness (QED) is 0.383. The van der Waals surface area contributed by atoms with Crippen LogP contribution in [0.15, 0.2) is 47.1 Å². The first-order valence-corrected chi connectivity index (χ1v) is 10.2. The second kappa shape index (κ2) is 5.50. The van der Waals surface area contributed by atoms with Gasteiger partial charge in [-0.1, -0.05) is 39.8 Å². The van der Waals surface area contributed by atoms with Crippen molar-refractivity contribution in [3.63, 3.8) is 0 Å². The van der Waals surface area contributed by atoms with Gasteiger partial charge in [0.05, 0.1) is 6.20 Å². The lowest BCUT2D eigenvalue weighted by molar-refractivity contribution is -0.744. The number of benzene rings is 2. The first kappa shape index (κ1) is 17.5. The largest absolute Gasteiger partial charge is 0.454 e. The fourth-order valence-corrected chi connectivity index (χ4v) is 4.92. The predicted molar refractivity (Wildman–Crippen MR) is 114 cm³/mol. The molecule has 0 saturated heterocycles. The Balaban J connectivity index is 1.89. The zero-order valence-corrected chi connectivity index (χ0v) is 17.8. The van der Waals surface area contributed by atoms with Crippen LogP contribution in [0.25, 0.3) is 27.6 Å². The van der Waals surface area contributed by atoms with Crippen LogP contribution < -0.4 is 4.68 Å². The molecule has 0 bridgehead atoms. The van der Waals surface area contributed by atoms with Gasteiger partial charge >= 0.3 is 0 Å². The number of hydrogen-bond acceptors (Lipinski definition) is 1. The first-order valence-electron chi connectivity index (χ1n) is 10.2. The maximum absolute atomic E-state index is 6.54. The Labute approximate surface area is 166 Å². The molecule has 1 aliphatic carbocycles. The molecule has 144 valence electrons. The molecule has 0 fully saturated rings. The van der Waals surface area contributed by atoms with Crippen LogP contribution in [0.2, 0.25) is 0 Å². The Morgan fingerprint density at radius 2 is 1.64 bits per heavy atom. The maximum Gasteiger partial charge on any atom is 0.195 e. The Morgan fingerprint density at radius 1 is 0.964 bits per heavy atom. The van der Waals surface area contributed by atoms with Gasteiger partial charge in [-0.25, -0.2) is 0 Å². The topological polar surface area (TPSA) is 21.9 Å². The van der Waals surface area contributed by atoms with Crippen molar-refractivity contribution in [2.24, 2.45) is 7.05 Å². The van der Waals surface area contributed by atoms with Crippen molar-refractivity contribution in [3.05, 3.63) is 59.4 Å². The van der Waals surface area contributed by atoms with Gasteiger partial charge in [0, 0.05) is 16.8 Å². The normalized spacial score (nSPS) is 17.9. The van der Waals surface area contributed by atoms with Gasteiger partial charge in [-0.3, -0.25) is 0 Å². The molecule has 28 heavy (non-hydrogen) atoms. The molecule has 3 nitrogen and oxygen atoms in total. The second-order valence-corrected chi connectivity index (χ2v) is 9.78. The molecule has 0 N–H and O–H groups in total. The third-order valence-electron chi connectivity index (χ3n) is 6.89. The van der Waals surface area contributed by atoms with Crippen molar-refractivity contribution in [3.8, 4) is 5.69 Å². The highest BCUT2D eigenvalue weighted by Gasteiger charge is 2.37. The fraction of sp³-hybridized carbons (Fsp3) is 0.400. The van der Waals surface area contributed by atoms with E-state index in [0.29, 0.717) is 0 Å².